The second kappa shape index (κ2) is 3.51. The topological polar surface area (TPSA) is 62.5 Å². The summed E-state index contributed by atoms with van der Waals surface area (Å²) < 4.78 is 0. The van der Waals surface area contributed by atoms with Gasteiger partial charge in [-0.2, -0.15) is 5.26 Å². The third kappa shape index (κ3) is 1.79. The van der Waals surface area contributed by atoms with Crippen molar-refractivity contribution < 1.29 is 0 Å². The fraction of sp³-hybridized carbons (Fsp3) is 0.200. The lowest BCUT2D eigenvalue weighted by atomic mass is 10.5. The number of thioether (sulfide) groups is 1. The Balaban J connectivity index is 3.15. The molecule has 0 saturated carbocycles. The summed E-state index contributed by atoms with van der Waals surface area (Å²) >= 11 is 6.80. The van der Waals surface area contributed by atoms with Crippen molar-refractivity contribution in [1.82, 2.24) is 15.2 Å². The zero-order chi connectivity index (χ0) is 8.27. The molecule has 0 bridgehead atoms. The molecule has 0 aliphatic rings. The van der Waals surface area contributed by atoms with Crippen molar-refractivity contribution in [2.75, 3.05) is 6.26 Å². The highest BCUT2D eigenvalue weighted by Crippen LogP contribution is 2.11. The Bertz CT molecular complexity index is 308. The smallest absolute Gasteiger partial charge is 0.207 e. The second-order valence-electron chi connectivity index (χ2n) is 1.55. The van der Waals surface area contributed by atoms with Gasteiger partial charge in [-0.25, -0.2) is 4.98 Å². The van der Waals surface area contributed by atoms with Gasteiger partial charge in [0.05, 0.1) is 0 Å². The van der Waals surface area contributed by atoms with Gasteiger partial charge in [0, 0.05) is 0 Å². The first-order chi connectivity index (χ1) is 5.27. The number of nitriles is 1. The van der Waals surface area contributed by atoms with E-state index in [4.69, 9.17) is 16.9 Å². The first-order valence-corrected chi connectivity index (χ1v) is 4.22. The summed E-state index contributed by atoms with van der Waals surface area (Å²) in [6, 6.07) is 1.81. The van der Waals surface area contributed by atoms with E-state index in [9.17, 15) is 0 Å². The van der Waals surface area contributed by atoms with Crippen molar-refractivity contribution in [3.63, 3.8) is 0 Å². The zero-order valence-electron chi connectivity index (χ0n) is 5.58. The SMILES string of the molecule is CSc1nnc(Cl)c(C#N)n1. The highest BCUT2D eigenvalue weighted by atomic mass is 35.5. The summed E-state index contributed by atoms with van der Waals surface area (Å²) in [5.74, 6) is 0. The zero-order valence-corrected chi connectivity index (χ0v) is 7.15. The summed E-state index contributed by atoms with van der Waals surface area (Å²) in [5.41, 5.74) is 0.117. The van der Waals surface area contributed by atoms with E-state index in [0.29, 0.717) is 5.16 Å². The van der Waals surface area contributed by atoms with E-state index in [1.807, 2.05) is 6.07 Å². The minimum atomic E-state index is 0.0466. The Morgan fingerprint density at radius 3 is 2.82 bits per heavy atom. The van der Waals surface area contributed by atoms with E-state index in [2.05, 4.69) is 15.2 Å². The van der Waals surface area contributed by atoms with E-state index in [0.717, 1.165) is 0 Å². The van der Waals surface area contributed by atoms with E-state index >= 15 is 0 Å². The number of rotatable bonds is 1. The molecule has 0 aromatic carbocycles. The van der Waals surface area contributed by atoms with Gasteiger partial charge >= 0.3 is 0 Å². The van der Waals surface area contributed by atoms with E-state index < -0.39 is 0 Å². The predicted molar refractivity (Wildman–Crippen MR) is 41.3 cm³/mol. The van der Waals surface area contributed by atoms with Crippen LogP contribution in [0.5, 0.6) is 0 Å². The minimum Gasteiger partial charge on any atom is -0.207 e. The molecule has 56 valence electrons. The summed E-state index contributed by atoms with van der Waals surface area (Å²) in [7, 11) is 0. The Morgan fingerprint density at radius 2 is 2.27 bits per heavy atom. The van der Waals surface area contributed by atoms with Crippen LogP contribution in [0.4, 0.5) is 0 Å². The van der Waals surface area contributed by atoms with Crippen LogP contribution in [-0.4, -0.2) is 21.4 Å². The molecule has 1 heterocycles. The lowest BCUT2D eigenvalue weighted by molar-refractivity contribution is 0.831. The first kappa shape index (κ1) is 8.24. The normalized spacial score (nSPS) is 9.18. The average molecular weight is 187 g/mol. The van der Waals surface area contributed by atoms with E-state index in [1.165, 1.54) is 11.8 Å². The average Bonchev–Trinajstić information content (AvgIpc) is 2.05. The van der Waals surface area contributed by atoms with Crippen LogP contribution < -0.4 is 0 Å². The molecule has 6 heteroatoms. The van der Waals surface area contributed by atoms with Gasteiger partial charge in [0.1, 0.15) is 6.07 Å². The molecular weight excluding hydrogens is 184 g/mol. The largest absolute Gasteiger partial charge is 0.210 e. The Kier molecular flexibility index (Phi) is 2.63. The molecule has 0 amide bonds. The van der Waals surface area contributed by atoms with Gasteiger partial charge in [-0.05, 0) is 6.26 Å². The fourth-order valence-corrected chi connectivity index (χ4v) is 0.883. The van der Waals surface area contributed by atoms with Gasteiger partial charge in [-0.1, -0.05) is 23.4 Å². The molecule has 0 atom stereocenters. The summed E-state index contributed by atoms with van der Waals surface area (Å²) in [6.45, 7) is 0. The fourth-order valence-electron chi connectivity index (χ4n) is 0.456. The lowest BCUT2D eigenvalue weighted by Crippen LogP contribution is -1.94. The van der Waals surface area contributed by atoms with E-state index in [1.54, 1.807) is 6.26 Å². The maximum Gasteiger partial charge on any atom is 0.210 e. The van der Waals surface area contributed by atoms with Crippen LogP contribution in [0.15, 0.2) is 5.16 Å². The Labute approximate surface area is 72.6 Å². The van der Waals surface area contributed by atoms with Crippen molar-refractivity contribution in [2.24, 2.45) is 0 Å². The van der Waals surface area contributed by atoms with Crippen molar-refractivity contribution in [2.45, 2.75) is 5.16 Å². The van der Waals surface area contributed by atoms with Gasteiger partial charge in [0.25, 0.3) is 0 Å². The number of aromatic nitrogens is 3. The number of nitrogens with zero attached hydrogens (tertiary/aromatic N) is 4. The Morgan fingerprint density at radius 1 is 1.55 bits per heavy atom. The van der Waals surface area contributed by atoms with E-state index in [-0.39, 0.29) is 10.8 Å². The third-order valence-electron chi connectivity index (χ3n) is 0.915. The van der Waals surface area contributed by atoms with Crippen LogP contribution in [-0.2, 0) is 0 Å². The number of hydrogen-bond donors (Lipinski definition) is 0. The van der Waals surface area contributed by atoms with Crippen LogP contribution in [0, 0.1) is 11.3 Å². The molecule has 0 fully saturated rings. The van der Waals surface area contributed by atoms with Gasteiger partial charge in [0.2, 0.25) is 5.16 Å². The van der Waals surface area contributed by atoms with Gasteiger partial charge in [-0.15, -0.1) is 10.2 Å². The molecule has 0 radical (unpaired) electrons. The molecule has 0 saturated heterocycles. The summed E-state index contributed by atoms with van der Waals surface area (Å²) in [5, 5.41) is 16.1. The number of hydrogen-bond acceptors (Lipinski definition) is 5. The Hall–Kier alpha value is -0.860. The maximum atomic E-state index is 8.46. The highest BCUT2D eigenvalue weighted by Gasteiger charge is 2.04. The summed E-state index contributed by atoms with van der Waals surface area (Å²) in [4.78, 5) is 3.81. The minimum absolute atomic E-state index is 0.0466. The van der Waals surface area contributed by atoms with Crippen LogP contribution in [0.25, 0.3) is 0 Å². The third-order valence-corrected chi connectivity index (χ3v) is 1.71. The van der Waals surface area contributed by atoms with Crippen LogP contribution in [0.3, 0.4) is 0 Å². The van der Waals surface area contributed by atoms with Crippen molar-refractivity contribution in [1.29, 1.82) is 5.26 Å². The van der Waals surface area contributed by atoms with Crippen molar-refractivity contribution in [3.05, 3.63) is 10.8 Å². The molecule has 11 heavy (non-hydrogen) atoms. The van der Waals surface area contributed by atoms with Crippen molar-refractivity contribution >= 4 is 23.4 Å². The second-order valence-corrected chi connectivity index (χ2v) is 2.68. The molecule has 1 rings (SSSR count). The van der Waals surface area contributed by atoms with Gasteiger partial charge < -0.3 is 0 Å². The molecule has 0 aliphatic carbocycles. The predicted octanol–water partition coefficient (Wildman–Crippen LogP) is 1.12. The van der Waals surface area contributed by atoms with Gasteiger partial charge in [-0.3, -0.25) is 0 Å². The first-order valence-electron chi connectivity index (χ1n) is 2.62. The molecule has 1 aromatic rings. The maximum absolute atomic E-state index is 8.46. The quantitative estimate of drug-likeness (QED) is 0.615. The highest BCUT2D eigenvalue weighted by molar-refractivity contribution is 7.98. The molecule has 0 spiro atoms. The number of halogens is 1. The monoisotopic (exact) mass is 186 g/mol. The van der Waals surface area contributed by atoms with Crippen LogP contribution in [0.2, 0.25) is 5.15 Å². The summed E-state index contributed by atoms with van der Waals surface area (Å²) in [6.07, 6.45) is 1.80. The molecule has 1 aromatic heterocycles. The van der Waals surface area contributed by atoms with Crippen molar-refractivity contribution in [3.8, 4) is 6.07 Å². The standard InChI is InChI=1S/C5H3ClN4S/c1-11-5-8-3(2-7)4(6)9-10-5/h1H3. The van der Waals surface area contributed by atoms with Crippen LogP contribution in [0.1, 0.15) is 5.69 Å². The molecule has 0 N–H and O–H groups in total. The lowest BCUT2D eigenvalue weighted by Gasteiger charge is -1.93. The molecular formula is C5H3ClN4S. The van der Waals surface area contributed by atoms with Crippen LogP contribution >= 0.6 is 23.4 Å². The van der Waals surface area contributed by atoms with Gasteiger partial charge in [0.15, 0.2) is 10.8 Å². The molecule has 0 unspecified atom stereocenters. The molecule has 0 aliphatic heterocycles. The molecule has 4 nitrogen and oxygen atoms in total.